The highest BCUT2D eigenvalue weighted by Crippen LogP contribution is 2.22. The molecule has 1 heterocycles. The van der Waals surface area contributed by atoms with Crippen LogP contribution in [0.3, 0.4) is 0 Å². The number of benzene rings is 1. The summed E-state index contributed by atoms with van der Waals surface area (Å²) in [5, 5.41) is 8.91. The molecule has 1 aromatic heterocycles. The summed E-state index contributed by atoms with van der Waals surface area (Å²) in [6, 6.07) is 7.96. The Labute approximate surface area is 127 Å². The van der Waals surface area contributed by atoms with Crippen LogP contribution in [-0.2, 0) is 16.4 Å². The standard InChI is InChI=1S/C13H14ClN3O3S/c14-12-7-11(8-16-13(12)15)21(19,20)17-10-3-1-9(2-4-10)5-6-18/h1-4,7-8,17-18H,5-6H2,(H2,15,16). The van der Waals surface area contributed by atoms with Crippen LogP contribution in [0.25, 0.3) is 0 Å². The monoisotopic (exact) mass is 327 g/mol. The van der Waals surface area contributed by atoms with E-state index in [0.717, 1.165) is 11.8 Å². The Kier molecular flexibility index (Phi) is 4.66. The zero-order valence-corrected chi connectivity index (χ0v) is 12.5. The van der Waals surface area contributed by atoms with Crippen LogP contribution in [0.2, 0.25) is 5.02 Å². The number of aromatic nitrogens is 1. The van der Waals surface area contributed by atoms with Crippen molar-refractivity contribution in [3.8, 4) is 0 Å². The summed E-state index contributed by atoms with van der Waals surface area (Å²) in [7, 11) is -3.78. The highest BCUT2D eigenvalue weighted by Gasteiger charge is 2.16. The molecule has 0 amide bonds. The minimum absolute atomic E-state index is 0.0423. The molecule has 2 aromatic rings. The van der Waals surface area contributed by atoms with Crippen LogP contribution < -0.4 is 10.5 Å². The van der Waals surface area contributed by atoms with Crippen LogP contribution in [0.4, 0.5) is 11.5 Å². The molecule has 0 atom stereocenters. The second kappa shape index (κ2) is 6.30. The van der Waals surface area contributed by atoms with Gasteiger partial charge in [-0.2, -0.15) is 0 Å². The quantitative estimate of drug-likeness (QED) is 0.774. The fraction of sp³-hybridized carbons (Fsp3) is 0.154. The van der Waals surface area contributed by atoms with Crippen molar-refractivity contribution in [3.05, 3.63) is 47.1 Å². The average molecular weight is 328 g/mol. The second-order valence-electron chi connectivity index (χ2n) is 4.31. The number of nitrogens with one attached hydrogen (secondary N) is 1. The van der Waals surface area contributed by atoms with Crippen molar-refractivity contribution in [2.24, 2.45) is 0 Å². The molecule has 0 radical (unpaired) electrons. The summed E-state index contributed by atoms with van der Waals surface area (Å²) in [5.74, 6) is 0.0731. The van der Waals surface area contributed by atoms with Gasteiger partial charge in [-0.3, -0.25) is 4.72 Å². The first-order chi connectivity index (χ1) is 9.92. The SMILES string of the molecule is Nc1ncc(S(=O)(=O)Nc2ccc(CCO)cc2)cc1Cl. The zero-order valence-electron chi connectivity index (χ0n) is 11.0. The molecule has 0 spiro atoms. The molecule has 112 valence electrons. The van der Waals surface area contributed by atoms with E-state index < -0.39 is 10.0 Å². The highest BCUT2D eigenvalue weighted by atomic mass is 35.5. The van der Waals surface area contributed by atoms with Gasteiger partial charge in [-0.25, -0.2) is 13.4 Å². The number of nitrogen functional groups attached to an aromatic ring is 1. The van der Waals surface area contributed by atoms with Gasteiger partial charge in [0.15, 0.2) is 0 Å². The van der Waals surface area contributed by atoms with Gasteiger partial charge in [0.05, 0.1) is 5.02 Å². The molecule has 0 aliphatic rings. The molecule has 6 nitrogen and oxygen atoms in total. The number of aliphatic hydroxyl groups is 1. The number of aliphatic hydroxyl groups excluding tert-OH is 1. The zero-order chi connectivity index (χ0) is 15.5. The van der Waals surface area contributed by atoms with Gasteiger partial charge in [-0.15, -0.1) is 0 Å². The van der Waals surface area contributed by atoms with Crippen molar-refractivity contribution in [1.82, 2.24) is 4.98 Å². The predicted molar refractivity (Wildman–Crippen MR) is 81.7 cm³/mol. The number of hydrogen-bond donors (Lipinski definition) is 3. The number of sulfonamides is 1. The van der Waals surface area contributed by atoms with Crippen LogP contribution in [-0.4, -0.2) is 25.1 Å². The topological polar surface area (TPSA) is 105 Å². The summed E-state index contributed by atoms with van der Waals surface area (Å²) < 4.78 is 26.8. The fourth-order valence-electron chi connectivity index (χ4n) is 1.66. The van der Waals surface area contributed by atoms with E-state index in [1.54, 1.807) is 24.3 Å². The van der Waals surface area contributed by atoms with E-state index >= 15 is 0 Å². The molecule has 0 aliphatic carbocycles. The maximum atomic E-state index is 12.2. The maximum absolute atomic E-state index is 12.2. The lowest BCUT2D eigenvalue weighted by molar-refractivity contribution is 0.299. The Morgan fingerprint density at radius 3 is 2.52 bits per heavy atom. The lowest BCUT2D eigenvalue weighted by atomic mass is 10.1. The van der Waals surface area contributed by atoms with E-state index in [4.69, 9.17) is 22.4 Å². The normalized spacial score (nSPS) is 11.3. The van der Waals surface area contributed by atoms with Gasteiger partial charge in [-0.1, -0.05) is 23.7 Å². The van der Waals surface area contributed by atoms with Crippen LogP contribution in [0.15, 0.2) is 41.4 Å². The molecule has 0 saturated carbocycles. The van der Waals surface area contributed by atoms with Crippen molar-refractivity contribution in [2.75, 3.05) is 17.1 Å². The average Bonchev–Trinajstić information content (AvgIpc) is 2.44. The number of hydrogen-bond acceptors (Lipinski definition) is 5. The molecule has 21 heavy (non-hydrogen) atoms. The number of pyridine rings is 1. The third-order valence-electron chi connectivity index (χ3n) is 2.76. The minimum atomic E-state index is -3.78. The molecule has 0 aliphatic heterocycles. The summed E-state index contributed by atoms with van der Waals surface area (Å²) in [6.45, 7) is 0.0423. The Morgan fingerprint density at radius 2 is 1.95 bits per heavy atom. The Morgan fingerprint density at radius 1 is 1.29 bits per heavy atom. The summed E-state index contributed by atoms with van der Waals surface area (Å²) in [6.07, 6.45) is 1.66. The van der Waals surface area contributed by atoms with Gasteiger partial charge in [0, 0.05) is 18.5 Å². The summed E-state index contributed by atoms with van der Waals surface area (Å²) in [5.41, 5.74) is 6.77. The maximum Gasteiger partial charge on any atom is 0.263 e. The Bertz CT molecular complexity index is 733. The molecule has 1 aromatic carbocycles. The Hall–Kier alpha value is -1.83. The van der Waals surface area contributed by atoms with Crippen molar-refractivity contribution in [2.45, 2.75) is 11.3 Å². The summed E-state index contributed by atoms with van der Waals surface area (Å²) in [4.78, 5) is 3.66. The molecular weight excluding hydrogens is 314 g/mol. The largest absolute Gasteiger partial charge is 0.396 e. The first-order valence-corrected chi connectivity index (χ1v) is 7.92. The van der Waals surface area contributed by atoms with E-state index in [0.29, 0.717) is 12.1 Å². The van der Waals surface area contributed by atoms with E-state index in [2.05, 4.69) is 9.71 Å². The molecule has 0 saturated heterocycles. The first kappa shape index (κ1) is 15.6. The van der Waals surface area contributed by atoms with E-state index in [-0.39, 0.29) is 22.3 Å². The lowest BCUT2D eigenvalue weighted by Gasteiger charge is -2.09. The molecule has 4 N–H and O–H groups in total. The van der Waals surface area contributed by atoms with Crippen molar-refractivity contribution in [1.29, 1.82) is 0 Å². The lowest BCUT2D eigenvalue weighted by Crippen LogP contribution is -2.13. The molecular formula is C13H14ClN3O3S. The number of nitrogens with two attached hydrogens (primary N) is 1. The second-order valence-corrected chi connectivity index (χ2v) is 6.40. The molecule has 8 heteroatoms. The van der Waals surface area contributed by atoms with Gasteiger partial charge >= 0.3 is 0 Å². The van der Waals surface area contributed by atoms with Gasteiger partial charge in [0.2, 0.25) is 0 Å². The van der Waals surface area contributed by atoms with Gasteiger partial charge in [-0.05, 0) is 30.2 Å². The van der Waals surface area contributed by atoms with Crippen LogP contribution in [0.5, 0.6) is 0 Å². The summed E-state index contributed by atoms with van der Waals surface area (Å²) >= 11 is 5.78. The van der Waals surface area contributed by atoms with Crippen molar-refractivity contribution >= 4 is 33.1 Å². The van der Waals surface area contributed by atoms with Crippen molar-refractivity contribution < 1.29 is 13.5 Å². The van der Waals surface area contributed by atoms with Crippen LogP contribution in [0, 0.1) is 0 Å². The molecule has 0 bridgehead atoms. The number of halogens is 1. The molecule has 2 rings (SSSR count). The van der Waals surface area contributed by atoms with E-state index in [9.17, 15) is 8.42 Å². The minimum Gasteiger partial charge on any atom is -0.396 e. The first-order valence-electron chi connectivity index (χ1n) is 6.06. The third kappa shape index (κ3) is 3.84. The molecule has 0 fully saturated rings. The van der Waals surface area contributed by atoms with Gasteiger partial charge in [0.1, 0.15) is 10.7 Å². The molecule has 0 unspecified atom stereocenters. The van der Waals surface area contributed by atoms with Crippen molar-refractivity contribution in [3.63, 3.8) is 0 Å². The number of nitrogens with zero attached hydrogens (tertiary/aromatic N) is 1. The van der Waals surface area contributed by atoms with Crippen LogP contribution in [0.1, 0.15) is 5.56 Å². The predicted octanol–water partition coefficient (Wildman–Crippen LogP) is 1.65. The van der Waals surface area contributed by atoms with Gasteiger partial charge in [0.25, 0.3) is 10.0 Å². The van der Waals surface area contributed by atoms with Crippen LogP contribution >= 0.6 is 11.6 Å². The number of rotatable bonds is 5. The fourth-order valence-corrected chi connectivity index (χ4v) is 2.92. The number of anilines is 2. The van der Waals surface area contributed by atoms with Gasteiger partial charge < -0.3 is 10.8 Å². The third-order valence-corrected chi connectivity index (χ3v) is 4.41. The smallest absolute Gasteiger partial charge is 0.263 e. The highest BCUT2D eigenvalue weighted by molar-refractivity contribution is 7.92. The Balaban J connectivity index is 2.22. The van der Waals surface area contributed by atoms with E-state index in [1.165, 1.54) is 6.07 Å². The van der Waals surface area contributed by atoms with E-state index in [1.807, 2.05) is 0 Å².